The highest BCUT2D eigenvalue weighted by Crippen LogP contribution is 2.48. The van der Waals surface area contributed by atoms with Crippen molar-refractivity contribution in [1.82, 2.24) is 5.32 Å². The standard InChI is InChI=1S/C40H51N3O12S3/c1-27-11-15-33-31(23-27)39(2,3)35(42(33)19-7-21-56(46,47)48)17-12-28-9-6-10-29(38(28)41-37(25-44)55-26-45)13-18-36-40(4,5)32-24-30(58(52,53)54)14-16-34(32)43(36)20-8-22-57(49,50)51/h11-18,23-24,26,37,44H,6-10,19-22,25H2,1-5H3,(H3,46,47,48,49,50,51,52,53,54)/p+1/b28-12+,35-17-. The Kier molecular flexibility index (Phi) is 13.3. The van der Waals surface area contributed by atoms with Crippen LogP contribution in [0.15, 0.2) is 88.1 Å². The van der Waals surface area contributed by atoms with E-state index in [0.29, 0.717) is 48.5 Å². The van der Waals surface area contributed by atoms with E-state index in [0.717, 1.165) is 33.7 Å². The minimum Gasteiger partial charge on any atom is -0.441 e. The van der Waals surface area contributed by atoms with Crippen molar-refractivity contribution in [3.8, 4) is 0 Å². The molecule has 2 aromatic carbocycles. The number of allylic oxidation sites excluding steroid dienone is 7. The Morgan fingerprint density at radius 2 is 1.57 bits per heavy atom. The molecule has 5 N–H and O–H groups in total. The minimum atomic E-state index is -4.54. The van der Waals surface area contributed by atoms with Gasteiger partial charge < -0.3 is 20.1 Å². The Bertz CT molecular complexity index is 2450. The average molecular weight is 863 g/mol. The van der Waals surface area contributed by atoms with Crippen LogP contribution in [0.5, 0.6) is 0 Å². The van der Waals surface area contributed by atoms with Crippen LogP contribution in [0.4, 0.5) is 11.4 Å². The zero-order valence-corrected chi connectivity index (χ0v) is 35.6. The van der Waals surface area contributed by atoms with E-state index >= 15 is 0 Å². The van der Waals surface area contributed by atoms with E-state index in [9.17, 15) is 48.8 Å². The van der Waals surface area contributed by atoms with Crippen LogP contribution in [0.2, 0.25) is 0 Å². The van der Waals surface area contributed by atoms with Gasteiger partial charge in [-0.25, -0.2) is 0 Å². The molecule has 58 heavy (non-hydrogen) atoms. The van der Waals surface area contributed by atoms with Gasteiger partial charge in [-0.3, -0.25) is 18.5 Å². The van der Waals surface area contributed by atoms with E-state index in [-0.39, 0.29) is 30.8 Å². The zero-order valence-electron chi connectivity index (χ0n) is 33.2. The van der Waals surface area contributed by atoms with Crippen LogP contribution in [-0.2, 0) is 50.7 Å². The molecule has 316 valence electrons. The second-order valence-electron chi connectivity index (χ2n) is 15.8. The Hall–Kier alpha value is -4.17. The van der Waals surface area contributed by atoms with Crippen LogP contribution >= 0.6 is 0 Å². The Morgan fingerprint density at radius 3 is 2.21 bits per heavy atom. The molecular formula is C40H52N3O12S3+. The SMILES string of the molecule is Cc1ccc2c(c1)C(C)(C)/C(=C/C=C1\CCCC(/C=C/C3=[N+](CCCS(=O)(=O)O)c4ccc(S(=O)(=O)O)cc4C3(C)C)=C1NC(CO)OC=O)N2CCCS(=O)(=O)O. The molecule has 18 heteroatoms. The van der Waals surface area contributed by atoms with Crippen LogP contribution in [0.1, 0.15) is 76.5 Å². The highest BCUT2D eigenvalue weighted by Gasteiger charge is 2.45. The maximum Gasteiger partial charge on any atom is 0.295 e. The third-order valence-corrected chi connectivity index (χ3v) is 13.3. The molecule has 0 aromatic heterocycles. The van der Waals surface area contributed by atoms with Gasteiger partial charge in [0.1, 0.15) is 6.54 Å². The molecule has 0 bridgehead atoms. The lowest BCUT2D eigenvalue weighted by Gasteiger charge is -2.28. The summed E-state index contributed by atoms with van der Waals surface area (Å²) in [4.78, 5) is 13.2. The summed E-state index contributed by atoms with van der Waals surface area (Å²) in [7, 11) is -13.0. The number of aryl methyl sites for hydroxylation is 1. The smallest absolute Gasteiger partial charge is 0.295 e. The number of ether oxygens (including phenoxy) is 1. The van der Waals surface area contributed by atoms with Crippen molar-refractivity contribution < 1.29 is 58.1 Å². The van der Waals surface area contributed by atoms with Gasteiger partial charge in [-0.05, 0) is 87.4 Å². The van der Waals surface area contributed by atoms with Gasteiger partial charge in [-0.15, -0.1) is 0 Å². The summed E-state index contributed by atoms with van der Waals surface area (Å²) in [6, 6.07) is 10.3. The van der Waals surface area contributed by atoms with Gasteiger partial charge in [0.15, 0.2) is 11.9 Å². The van der Waals surface area contributed by atoms with Gasteiger partial charge in [-0.1, -0.05) is 43.7 Å². The predicted octanol–water partition coefficient (Wildman–Crippen LogP) is 4.86. The summed E-state index contributed by atoms with van der Waals surface area (Å²) in [6.45, 7) is 10.1. The first-order valence-corrected chi connectivity index (χ1v) is 23.5. The number of aliphatic hydroxyl groups is 1. The van der Waals surface area contributed by atoms with Crippen molar-refractivity contribution in [3.63, 3.8) is 0 Å². The molecule has 1 atom stereocenters. The van der Waals surface area contributed by atoms with Crippen LogP contribution in [0.3, 0.4) is 0 Å². The molecule has 5 rings (SSSR count). The van der Waals surface area contributed by atoms with Gasteiger partial charge in [-0.2, -0.15) is 29.8 Å². The zero-order chi connectivity index (χ0) is 42.8. The molecule has 0 radical (unpaired) electrons. The molecule has 1 unspecified atom stereocenters. The number of hydrogen-bond acceptors (Lipinski definition) is 11. The molecule has 2 aliphatic heterocycles. The lowest BCUT2D eigenvalue weighted by atomic mass is 9.81. The molecule has 1 aliphatic carbocycles. The van der Waals surface area contributed by atoms with Gasteiger partial charge in [0, 0.05) is 53.2 Å². The van der Waals surface area contributed by atoms with Crippen LogP contribution in [0, 0.1) is 6.92 Å². The monoisotopic (exact) mass is 862 g/mol. The first-order valence-electron chi connectivity index (χ1n) is 18.8. The third kappa shape index (κ3) is 10.2. The van der Waals surface area contributed by atoms with Crippen molar-refractivity contribution in [2.24, 2.45) is 0 Å². The summed E-state index contributed by atoms with van der Waals surface area (Å²) in [5, 5.41) is 13.3. The number of anilines is 1. The summed E-state index contributed by atoms with van der Waals surface area (Å²) in [6.07, 6.45) is 8.70. The Labute approximate surface area is 340 Å². The number of nitrogens with zero attached hydrogens (tertiary/aromatic N) is 2. The van der Waals surface area contributed by atoms with Gasteiger partial charge in [0.25, 0.3) is 36.8 Å². The van der Waals surface area contributed by atoms with Gasteiger partial charge in [0.2, 0.25) is 5.69 Å². The molecule has 0 saturated carbocycles. The first kappa shape index (κ1) is 44.9. The second kappa shape index (κ2) is 17.2. The molecule has 15 nitrogen and oxygen atoms in total. The van der Waals surface area contributed by atoms with Crippen LogP contribution in [-0.4, -0.2) is 98.2 Å². The summed E-state index contributed by atoms with van der Waals surface area (Å²) in [5.74, 6) is -0.896. The van der Waals surface area contributed by atoms with Crippen LogP contribution < -0.4 is 10.2 Å². The third-order valence-electron chi connectivity index (χ3n) is 10.9. The van der Waals surface area contributed by atoms with E-state index in [1.165, 1.54) is 12.1 Å². The number of hydrogen-bond donors (Lipinski definition) is 5. The quantitative estimate of drug-likeness (QED) is 0.0620. The molecule has 0 amide bonds. The van der Waals surface area contributed by atoms with E-state index in [2.05, 4.69) is 30.1 Å². The molecule has 2 heterocycles. The molecule has 3 aliphatic rings. The fourth-order valence-corrected chi connectivity index (χ4v) is 9.54. The topological polar surface area (TPSA) is 228 Å². The number of nitrogens with one attached hydrogen (secondary N) is 1. The van der Waals surface area contributed by atoms with Crippen LogP contribution in [0.25, 0.3) is 0 Å². The Balaban J connectivity index is 1.63. The number of aliphatic hydroxyl groups excluding tert-OH is 1. The number of carbonyl (C=O) groups excluding carboxylic acids is 1. The van der Waals surface area contributed by atoms with Crippen molar-refractivity contribution in [3.05, 3.63) is 99.9 Å². The molecular weight excluding hydrogens is 811 g/mol. The lowest BCUT2D eigenvalue weighted by molar-refractivity contribution is -0.437. The average Bonchev–Trinajstić information content (AvgIpc) is 3.46. The fourth-order valence-electron chi connectivity index (χ4n) is 8.05. The highest BCUT2D eigenvalue weighted by molar-refractivity contribution is 7.86. The largest absolute Gasteiger partial charge is 0.441 e. The highest BCUT2D eigenvalue weighted by atomic mass is 32.2. The maximum absolute atomic E-state index is 12.1. The first-order chi connectivity index (χ1) is 27.0. The van der Waals surface area contributed by atoms with Crippen molar-refractivity contribution in [1.29, 1.82) is 0 Å². The number of carbonyl (C=O) groups is 1. The molecule has 0 saturated heterocycles. The summed E-state index contributed by atoms with van der Waals surface area (Å²) >= 11 is 0. The molecule has 0 fully saturated rings. The van der Waals surface area contributed by atoms with Crippen molar-refractivity contribution >= 4 is 53.9 Å². The van der Waals surface area contributed by atoms with Gasteiger partial charge in [0.05, 0.1) is 28.4 Å². The van der Waals surface area contributed by atoms with E-state index in [1.807, 2.05) is 61.8 Å². The molecule has 0 spiro atoms. The maximum atomic E-state index is 12.1. The van der Waals surface area contributed by atoms with E-state index < -0.39 is 65.5 Å². The lowest BCUT2D eigenvalue weighted by Crippen LogP contribution is -2.36. The van der Waals surface area contributed by atoms with Crippen molar-refractivity contribution in [2.45, 2.75) is 88.7 Å². The number of rotatable bonds is 17. The normalized spacial score (nSPS) is 19.9. The minimum absolute atomic E-state index is 0.0522. The predicted molar refractivity (Wildman–Crippen MR) is 220 cm³/mol. The Morgan fingerprint density at radius 1 is 0.879 bits per heavy atom. The summed E-state index contributed by atoms with van der Waals surface area (Å²) < 4.78 is 106. The summed E-state index contributed by atoms with van der Waals surface area (Å²) in [5.41, 5.74) is 6.69. The molecule has 2 aromatic rings. The fraction of sp³-hybridized carbons (Fsp3) is 0.450. The van der Waals surface area contributed by atoms with E-state index in [4.69, 9.17) is 4.74 Å². The number of fused-ring (bicyclic) bond motifs is 2. The van der Waals surface area contributed by atoms with Gasteiger partial charge >= 0.3 is 0 Å². The number of benzene rings is 2. The second-order valence-corrected chi connectivity index (χ2v) is 20.3. The van der Waals surface area contributed by atoms with E-state index in [1.54, 1.807) is 6.07 Å². The van der Waals surface area contributed by atoms with Crippen molar-refractivity contribution in [2.75, 3.05) is 36.1 Å².